The summed E-state index contributed by atoms with van der Waals surface area (Å²) < 4.78 is 0. The van der Waals surface area contributed by atoms with E-state index in [1.54, 1.807) is 11.8 Å². The Bertz CT molecular complexity index is 830. The molecule has 4 atom stereocenters. The topological polar surface area (TPSA) is 105 Å². The fourth-order valence-electron chi connectivity index (χ4n) is 4.56. The summed E-state index contributed by atoms with van der Waals surface area (Å²) in [5, 5.41) is 6.00. The van der Waals surface area contributed by atoms with Gasteiger partial charge in [0.25, 0.3) is 0 Å². The number of hydrogen-bond donors (Lipinski definition) is 3. The number of likely N-dealkylation sites (tertiary alicyclic amines) is 1. The molecular formula is C24H36N4O3. The lowest BCUT2D eigenvalue weighted by molar-refractivity contribution is -0.144. The third-order valence-corrected chi connectivity index (χ3v) is 6.34. The third-order valence-electron chi connectivity index (χ3n) is 6.34. The summed E-state index contributed by atoms with van der Waals surface area (Å²) in [5.41, 5.74) is 7.65. The molecule has 0 bridgehead atoms. The molecule has 1 aromatic rings. The maximum absolute atomic E-state index is 13.4. The van der Waals surface area contributed by atoms with Crippen LogP contribution in [-0.2, 0) is 20.8 Å². The van der Waals surface area contributed by atoms with Crippen molar-refractivity contribution < 1.29 is 14.4 Å². The second kappa shape index (κ2) is 9.39. The molecule has 1 heterocycles. The fraction of sp³-hybridized carbons (Fsp3) is 0.625. The van der Waals surface area contributed by atoms with E-state index in [9.17, 15) is 14.4 Å². The maximum atomic E-state index is 13.4. The predicted octanol–water partition coefficient (Wildman–Crippen LogP) is 2.05. The Balaban J connectivity index is 1.74. The van der Waals surface area contributed by atoms with Crippen molar-refractivity contribution in [2.75, 3.05) is 6.54 Å². The number of hydrogen-bond acceptors (Lipinski definition) is 4. The molecule has 1 aromatic carbocycles. The van der Waals surface area contributed by atoms with Gasteiger partial charge in [0.05, 0.1) is 12.1 Å². The Labute approximate surface area is 185 Å². The van der Waals surface area contributed by atoms with Crippen molar-refractivity contribution in [1.29, 1.82) is 0 Å². The van der Waals surface area contributed by atoms with Gasteiger partial charge in [-0.15, -0.1) is 0 Å². The Morgan fingerprint density at radius 3 is 2.52 bits per heavy atom. The van der Waals surface area contributed by atoms with Gasteiger partial charge < -0.3 is 21.3 Å². The normalized spacial score (nSPS) is 22.9. The van der Waals surface area contributed by atoms with E-state index in [-0.39, 0.29) is 23.8 Å². The van der Waals surface area contributed by atoms with E-state index in [1.807, 2.05) is 32.9 Å². The van der Waals surface area contributed by atoms with Crippen molar-refractivity contribution in [3.05, 3.63) is 35.4 Å². The number of nitrogens with zero attached hydrogens (tertiary/aromatic N) is 1. The molecule has 170 valence electrons. The monoisotopic (exact) mass is 428 g/mol. The summed E-state index contributed by atoms with van der Waals surface area (Å²) in [7, 11) is 0. The van der Waals surface area contributed by atoms with Gasteiger partial charge in [0.1, 0.15) is 12.1 Å². The second-order valence-electron chi connectivity index (χ2n) is 9.94. The van der Waals surface area contributed by atoms with Crippen molar-refractivity contribution >= 4 is 17.7 Å². The standard InChI is InChI=1S/C24H36N4O3/c1-15(25)21(29)27-20(24(2,3)4)23(31)28-14-8-13-19(28)22(30)26-18-12-7-10-16-9-5-6-11-17(16)18/h5-6,9,11,15,18-20H,7-8,10,12-14,25H2,1-4H3,(H,26,30)(H,27,29). The molecule has 4 N–H and O–H groups in total. The zero-order valence-electron chi connectivity index (χ0n) is 19.1. The molecule has 0 radical (unpaired) electrons. The number of nitrogens with two attached hydrogens (primary N) is 1. The van der Waals surface area contributed by atoms with Crippen LogP contribution in [-0.4, -0.2) is 47.3 Å². The van der Waals surface area contributed by atoms with Crippen molar-refractivity contribution in [2.45, 2.75) is 84.0 Å². The summed E-state index contributed by atoms with van der Waals surface area (Å²) in [6.07, 6.45) is 4.36. The number of carbonyl (C=O) groups is 3. The molecule has 0 saturated carbocycles. The van der Waals surface area contributed by atoms with Crippen LogP contribution in [0.2, 0.25) is 0 Å². The number of aryl methyl sites for hydroxylation is 1. The van der Waals surface area contributed by atoms with E-state index in [1.165, 1.54) is 11.1 Å². The average Bonchev–Trinajstić information content (AvgIpc) is 3.20. The molecule has 31 heavy (non-hydrogen) atoms. The number of benzene rings is 1. The first kappa shape index (κ1) is 23.3. The van der Waals surface area contributed by atoms with E-state index in [0.29, 0.717) is 13.0 Å². The van der Waals surface area contributed by atoms with Crippen molar-refractivity contribution in [3.8, 4) is 0 Å². The van der Waals surface area contributed by atoms with Gasteiger partial charge in [-0.3, -0.25) is 14.4 Å². The lowest BCUT2D eigenvalue weighted by Crippen LogP contribution is -2.59. The molecule has 0 spiro atoms. The summed E-state index contributed by atoms with van der Waals surface area (Å²) in [6.45, 7) is 7.82. The van der Waals surface area contributed by atoms with E-state index < -0.39 is 23.5 Å². The third kappa shape index (κ3) is 5.26. The van der Waals surface area contributed by atoms with Crippen LogP contribution in [0.25, 0.3) is 0 Å². The zero-order valence-corrected chi connectivity index (χ0v) is 19.1. The van der Waals surface area contributed by atoms with Gasteiger partial charge in [-0.25, -0.2) is 0 Å². The van der Waals surface area contributed by atoms with Gasteiger partial charge in [0.2, 0.25) is 17.7 Å². The number of carbonyl (C=O) groups excluding carboxylic acids is 3. The minimum atomic E-state index is -0.741. The van der Waals surface area contributed by atoms with Crippen molar-refractivity contribution in [2.24, 2.45) is 11.1 Å². The van der Waals surface area contributed by atoms with Crippen LogP contribution in [0.3, 0.4) is 0 Å². The summed E-state index contributed by atoms with van der Waals surface area (Å²) in [4.78, 5) is 40.5. The SMILES string of the molecule is CC(N)C(=O)NC(C(=O)N1CCCC1C(=O)NC1CCCc2ccccc21)C(C)(C)C. The molecule has 2 aliphatic rings. The van der Waals surface area contributed by atoms with Gasteiger partial charge in [0, 0.05) is 6.54 Å². The molecule has 0 aromatic heterocycles. The first-order valence-electron chi connectivity index (χ1n) is 11.3. The van der Waals surface area contributed by atoms with Gasteiger partial charge >= 0.3 is 0 Å². The minimum absolute atomic E-state index is 0.0220. The highest BCUT2D eigenvalue weighted by Crippen LogP contribution is 2.31. The molecule has 1 saturated heterocycles. The van der Waals surface area contributed by atoms with Crippen LogP contribution in [0, 0.1) is 5.41 Å². The molecule has 4 unspecified atom stereocenters. The number of amides is 3. The van der Waals surface area contributed by atoms with E-state index in [2.05, 4.69) is 22.8 Å². The first-order chi connectivity index (χ1) is 14.6. The van der Waals surface area contributed by atoms with E-state index in [4.69, 9.17) is 5.73 Å². The lowest BCUT2D eigenvalue weighted by atomic mass is 9.85. The average molecular weight is 429 g/mol. The number of rotatable bonds is 5. The number of fused-ring (bicyclic) bond motifs is 1. The van der Waals surface area contributed by atoms with Crippen LogP contribution in [0.15, 0.2) is 24.3 Å². The van der Waals surface area contributed by atoms with Crippen molar-refractivity contribution in [1.82, 2.24) is 15.5 Å². The largest absolute Gasteiger partial charge is 0.347 e. The van der Waals surface area contributed by atoms with Gasteiger partial charge in [-0.05, 0) is 55.6 Å². The van der Waals surface area contributed by atoms with Crippen LogP contribution < -0.4 is 16.4 Å². The number of nitrogens with one attached hydrogen (secondary N) is 2. The van der Waals surface area contributed by atoms with Gasteiger partial charge in [-0.1, -0.05) is 45.0 Å². The quantitative estimate of drug-likeness (QED) is 0.668. The Kier molecular flexibility index (Phi) is 7.04. The van der Waals surface area contributed by atoms with E-state index >= 15 is 0 Å². The summed E-state index contributed by atoms with van der Waals surface area (Å²) >= 11 is 0. The maximum Gasteiger partial charge on any atom is 0.246 e. The second-order valence-corrected chi connectivity index (χ2v) is 9.94. The highest BCUT2D eigenvalue weighted by atomic mass is 16.2. The molecule has 1 fully saturated rings. The molecule has 3 amide bonds. The summed E-state index contributed by atoms with van der Waals surface area (Å²) in [5.74, 6) is -0.700. The highest BCUT2D eigenvalue weighted by Gasteiger charge is 2.42. The Hall–Kier alpha value is -2.41. The molecule has 3 rings (SSSR count). The van der Waals surface area contributed by atoms with Crippen LogP contribution in [0.1, 0.15) is 70.5 Å². The van der Waals surface area contributed by atoms with Crippen molar-refractivity contribution in [3.63, 3.8) is 0 Å². The fourth-order valence-corrected chi connectivity index (χ4v) is 4.56. The Morgan fingerprint density at radius 1 is 1.13 bits per heavy atom. The van der Waals surface area contributed by atoms with Gasteiger partial charge in [-0.2, -0.15) is 0 Å². The summed E-state index contributed by atoms with van der Waals surface area (Å²) in [6, 6.07) is 6.25. The lowest BCUT2D eigenvalue weighted by Gasteiger charge is -2.36. The molecule has 7 nitrogen and oxygen atoms in total. The molecular weight excluding hydrogens is 392 g/mol. The van der Waals surface area contributed by atoms with E-state index in [0.717, 1.165) is 25.7 Å². The molecule has 1 aliphatic heterocycles. The minimum Gasteiger partial charge on any atom is -0.347 e. The molecule has 7 heteroatoms. The van der Waals surface area contributed by atoms with Crippen LogP contribution >= 0.6 is 0 Å². The van der Waals surface area contributed by atoms with Crippen LogP contribution in [0.4, 0.5) is 0 Å². The molecule has 1 aliphatic carbocycles. The first-order valence-corrected chi connectivity index (χ1v) is 11.3. The zero-order chi connectivity index (χ0) is 22.8. The predicted molar refractivity (Wildman–Crippen MR) is 120 cm³/mol. The Morgan fingerprint density at radius 2 is 1.84 bits per heavy atom. The smallest absolute Gasteiger partial charge is 0.246 e. The van der Waals surface area contributed by atoms with Crippen LogP contribution in [0.5, 0.6) is 0 Å². The van der Waals surface area contributed by atoms with Gasteiger partial charge in [0.15, 0.2) is 0 Å². The highest BCUT2D eigenvalue weighted by molar-refractivity contribution is 5.94.